The van der Waals surface area contributed by atoms with E-state index in [2.05, 4.69) is 45.3 Å². The summed E-state index contributed by atoms with van der Waals surface area (Å²) >= 11 is 5.22. The smallest absolute Gasteiger partial charge is 0.0701 e. The highest BCUT2D eigenvalue weighted by Crippen LogP contribution is 2.22. The maximum absolute atomic E-state index is 4.33. The molecule has 16 heavy (non-hydrogen) atoms. The number of nitrogens with one attached hydrogen (secondary N) is 1. The first kappa shape index (κ1) is 11.8. The molecule has 0 bridgehead atoms. The number of thiophene rings is 1. The average molecular weight is 297 g/mol. The van der Waals surface area contributed by atoms with Gasteiger partial charge in [-0.1, -0.05) is 6.07 Å². The van der Waals surface area contributed by atoms with Crippen molar-refractivity contribution in [2.75, 3.05) is 0 Å². The zero-order chi connectivity index (χ0) is 11.4. The topological polar surface area (TPSA) is 24.9 Å². The SMILES string of the molecule is CC(NCc1ccc(Br)s1)c1ccccn1. The van der Waals surface area contributed by atoms with E-state index in [1.54, 1.807) is 11.3 Å². The van der Waals surface area contributed by atoms with Gasteiger partial charge in [-0.2, -0.15) is 0 Å². The summed E-state index contributed by atoms with van der Waals surface area (Å²) in [7, 11) is 0. The van der Waals surface area contributed by atoms with Crippen LogP contribution in [0.3, 0.4) is 0 Å². The van der Waals surface area contributed by atoms with Crippen LogP contribution in [0.4, 0.5) is 0 Å². The molecule has 0 aliphatic rings. The summed E-state index contributed by atoms with van der Waals surface area (Å²) in [6.07, 6.45) is 1.83. The average Bonchev–Trinajstić information content (AvgIpc) is 2.73. The van der Waals surface area contributed by atoms with E-state index in [4.69, 9.17) is 0 Å². The minimum absolute atomic E-state index is 0.280. The molecule has 0 spiro atoms. The summed E-state index contributed by atoms with van der Waals surface area (Å²) in [5.74, 6) is 0. The Morgan fingerprint density at radius 1 is 1.38 bits per heavy atom. The Hall–Kier alpha value is -0.710. The summed E-state index contributed by atoms with van der Waals surface area (Å²) < 4.78 is 1.18. The van der Waals surface area contributed by atoms with Crippen molar-refractivity contribution in [3.05, 3.63) is 50.9 Å². The summed E-state index contributed by atoms with van der Waals surface area (Å²) in [6, 6.07) is 10.5. The maximum Gasteiger partial charge on any atom is 0.0701 e. The van der Waals surface area contributed by atoms with Crippen LogP contribution in [-0.4, -0.2) is 4.98 Å². The van der Waals surface area contributed by atoms with Gasteiger partial charge in [0.1, 0.15) is 0 Å². The maximum atomic E-state index is 4.33. The van der Waals surface area contributed by atoms with Gasteiger partial charge in [0.05, 0.1) is 9.48 Å². The Kier molecular flexibility index (Phi) is 4.09. The molecule has 0 aliphatic carbocycles. The van der Waals surface area contributed by atoms with E-state index in [0.29, 0.717) is 0 Å². The first-order valence-corrected chi connectivity index (χ1v) is 6.75. The zero-order valence-electron chi connectivity index (χ0n) is 8.98. The number of hydrogen-bond donors (Lipinski definition) is 1. The van der Waals surface area contributed by atoms with Crippen molar-refractivity contribution >= 4 is 27.3 Å². The van der Waals surface area contributed by atoms with E-state index in [1.807, 2.05) is 24.4 Å². The van der Waals surface area contributed by atoms with E-state index in [1.165, 1.54) is 8.66 Å². The third kappa shape index (κ3) is 3.14. The van der Waals surface area contributed by atoms with Gasteiger partial charge in [-0.3, -0.25) is 4.98 Å². The normalized spacial score (nSPS) is 12.6. The monoisotopic (exact) mass is 296 g/mol. The molecule has 4 heteroatoms. The lowest BCUT2D eigenvalue weighted by molar-refractivity contribution is 0.565. The van der Waals surface area contributed by atoms with E-state index < -0.39 is 0 Å². The number of halogens is 1. The van der Waals surface area contributed by atoms with Crippen LogP contribution in [0.25, 0.3) is 0 Å². The van der Waals surface area contributed by atoms with Crippen LogP contribution in [0.5, 0.6) is 0 Å². The molecule has 1 atom stereocenters. The van der Waals surface area contributed by atoms with Crippen molar-refractivity contribution < 1.29 is 0 Å². The fourth-order valence-corrected chi connectivity index (χ4v) is 2.87. The van der Waals surface area contributed by atoms with Gasteiger partial charge in [0.2, 0.25) is 0 Å². The van der Waals surface area contributed by atoms with Gasteiger partial charge in [-0.15, -0.1) is 11.3 Å². The molecule has 2 nitrogen and oxygen atoms in total. The predicted molar refractivity (Wildman–Crippen MR) is 71.5 cm³/mol. The molecule has 1 N–H and O–H groups in total. The molecule has 2 heterocycles. The summed E-state index contributed by atoms with van der Waals surface area (Å²) in [5.41, 5.74) is 1.08. The van der Waals surface area contributed by atoms with E-state index in [9.17, 15) is 0 Å². The molecule has 2 aromatic rings. The number of pyridine rings is 1. The van der Waals surface area contributed by atoms with Gasteiger partial charge in [-0.05, 0) is 47.1 Å². The van der Waals surface area contributed by atoms with Gasteiger partial charge in [0.15, 0.2) is 0 Å². The molecule has 0 radical (unpaired) electrons. The van der Waals surface area contributed by atoms with Crippen molar-refractivity contribution in [1.82, 2.24) is 10.3 Å². The lowest BCUT2D eigenvalue weighted by Gasteiger charge is -2.11. The molecule has 0 fully saturated rings. The fraction of sp³-hybridized carbons (Fsp3) is 0.250. The number of hydrogen-bond acceptors (Lipinski definition) is 3. The Morgan fingerprint density at radius 2 is 2.25 bits per heavy atom. The van der Waals surface area contributed by atoms with Crippen molar-refractivity contribution in [2.24, 2.45) is 0 Å². The van der Waals surface area contributed by atoms with Crippen molar-refractivity contribution in [1.29, 1.82) is 0 Å². The minimum atomic E-state index is 0.280. The fourth-order valence-electron chi connectivity index (χ4n) is 1.44. The van der Waals surface area contributed by atoms with E-state index in [-0.39, 0.29) is 6.04 Å². The van der Waals surface area contributed by atoms with Gasteiger partial charge in [0, 0.05) is 23.7 Å². The zero-order valence-corrected chi connectivity index (χ0v) is 11.4. The molecule has 0 aliphatic heterocycles. The Morgan fingerprint density at radius 3 is 2.88 bits per heavy atom. The van der Waals surface area contributed by atoms with Crippen LogP contribution in [0, 0.1) is 0 Å². The summed E-state index contributed by atoms with van der Waals surface area (Å²) in [4.78, 5) is 5.66. The summed E-state index contributed by atoms with van der Waals surface area (Å²) in [6.45, 7) is 3.01. The highest BCUT2D eigenvalue weighted by molar-refractivity contribution is 9.11. The highest BCUT2D eigenvalue weighted by Gasteiger charge is 2.05. The molecular formula is C12H13BrN2S. The largest absolute Gasteiger partial charge is 0.304 e. The van der Waals surface area contributed by atoms with Gasteiger partial charge >= 0.3 is 0 Å². The second-order valence-electron chi connectivity index (χ2n) is 3.56. The standard InChI is InChI=1S/C12H13BrN2S/c1-9(11-4-2-3-7-14-11)15-8-10-5-6-12(13)16-10/h2-7,9,15H,8H2,1H3. The molecule has 2 aromatic heterocycles. The molecule has 0 amide bonds. The molecule has 84 valence electrons. The third-order valence-corrected chi connectivity index (χ3v) is 3.97. The Labute approximate surface area is 108 Å². The van der Waals surface area contributed by atoms with E-state index >= 15 is 0 Å². The lowest BCUT2D eigenvalue weighted by Crippen LogP contribution is -2.18. The Bertz CT molecular complexity index is 441. The minimum Gasteiger partial charge on any atom is -0.304 e. The third-order valence-electron chi connectivity index (χ3n) is 2.34. The molecular weight excluding hydrogens is 284 g/mol. The quantitative estimate of drug-likeness (QED) is 0.929. The highest BCUT2D eigenvalue weighted by atomic mass is 79.9. The number of nitrogens with zero attached hydrogens (tertiary/aromatic N) is 1. The van der Waals surface area contributed by atoms with Crippen LogP contribution in [0.1, 0.15) is 23.5 Å². The molecule has 0 aromatic carbocycles. The van der Waals surface area contributed by atoms with Crippen molar-refractivity contribution in [3.63, 3.8) is 0 Å². The summed E-state index contributed by atoms with van der Waals surface area (Å²) in [5, 5.41) is 3.46. The van der Waals surface area contributed by atoms with Gasteiger partial charge in [0.25, 0.3) is 0 Å². The molecule has 0 saturated carbocycles. The number of aromatic nitrogens is 1. The molecule has 1 unspecified atom stereocenters. The van der Waals surface area contributed by atoms with Crippen LogP contribution >= 0.6 is 27.3 Å². The van der Waals surface area contributed by atoms with Crippen LogP contribution in [0.15, 0.2) is 40.3 Å². The Balaban J connectivity index is 1.91. The first-order valence-electron chi connectivity index (χ1n) is 5.14. The first-order chi connectivity index (χ1) is 7.75. The van der Waals surface area contributed by atoms with Crippen molar-refractivity contribution in [3.8, 4) is 0 Å². The van der Waals surface area contributed by atoms with E-state index in [0.717, 1.165) is 12.2 Å². The second-order valence-corrected chi connectivity index (χ2v) is 6.11. The lowest BCUT2D eigenvalue weighted by atomic mass is 10.2. The molecule has 0 saturated heterocycles. The second kappa shape index (κ2) is 5.57. The van der Waals surface area contributed by atoms with Crippen LogP contribution in [-0.2, 0) is 6.54 Å². The number of rotatable bonds is 4. The molecule has 2 rings (SSSR count). The van der Waals surface area contributed by atoms with Gasteiger partial charge < -0.3 is 5.32 Å². The van der Waals surface area contributed by atoms with Gasteiger partial charge in [-0.25, -0.2) is 0 Å². The predicted octanol–water partition coefficient (Wildman–Crippen LogP) is 3.76. The van der Waals surface area contributed by atoms with Crippen LogP contribution < -0.4 is 5.32 Å². The van der Waals surface area contributed by atoms with Crippen LogP contribution in [0.2, 0.25) is 0 Å². The van der Waals surface area contributed by atoms with Crippen molar-refractivity contribution in [2.45, 2.75) is 19.5 Å².